The van der Waals surface area contributed by atoms with Gasteiger partial charge in [0.1, 0.15) is 12.9 Å². The highest BCUT2D eigenvalue weighted by Gasteiger charge is 2.31. The highest BCUT2D eigenvalue weighted by Crippen LogP contribution is 2.32. The third kappa shape index (κ3) is 4.43. The van der Waals surface area contributed by atoms with Crippen LogP contribution in [0.25, 0.3) is 0 Å². The lowest BCUT2D eigenvalue weighted by molar-refractivity contribution is -0.137. The summed E-state index contributed by atoms with van der Waals surface area (Å²) in [7, 11) is 2.32. The van der Waals surface area contributed by atoms with Gasteiger partial charge in [0, 0.05) is 12.4 Å². The molecule has 0 amide bonds. The average Bonchev–Trinajstić information content (AvgIpc) is 2.59. The number of hydrogen-bond donors (Lipinski definition) is 0. The van der Waals surface area contributed by atoms with Crippen LogP contribution in [0.4, 0.5) is 13.2 Å². The van der Waals surface area contributed by atoms with Crippen molar-refractivity contribution in [1.82, 2.24) is 9.97 Å². The summed E-state index contributed by atoms with van der Waals surface area (Å²) in [4.78, 5) is 24.1. The molecule has 2 aromatic rings. The van der Waals surface area contributed by atoms with Crippen LogP contribution in [0.2, 0.25) is 0 Å². The molecule has 0 N–H and O–H groups in total. The van der Waals surface area contributed by atoms with Crippen molar-refractivity contribution < 1.29 is 32.3 Å². The van der Waals surface area contributed by atoms with Crippen LogP contribution in [0.5, 0.6) is 11.6 Å². The Kier molecular flexibility index (Phi) is 5.52. The van der Waals surface area contributed by atoms with Crippen LogP contribution in [-0.4, -0.2) is 35.9 Å². The maximum atomic E-state index is 12.8. The monoisotopic (exact) mass is 355 g/mol. The van der Waals surface area contributed by atoms with Gasteiger partial charge >= 0.3 is 12.1 Å². The van der Waals surface area contributed by atoms with Crippen LogP contribution in [0.3, 0.4) is 0 Å². The molecule has 0 saturated heterocycles. The minimum Gasteiger partial charge on any atom is -0.464 e. The number of halogens is 3. The maximum absolute atomic E-state index is 12.8. The molecular formula is C15H12F3N3O4. The first-order valence-corrected chi connectivity index (χ1v) is 6.72. The van der Waals surface area contributed by atoms with E-state index in [-0.39, 0.29) is 23.0 Å². The lowest BCUT2D eigenvalue weighted by atomic mass is 10.2. The van der Waals surface area contributed by atoms with Gasteiger partial charge in [-0.1, -0.05) is 11.2 Å². The van der Waals surface area contributed by atoms with Gasteiger partial charge in [-0.25, -0.2) is 14.8 Å². The van der Waals surface area contributed by atoms with Gasteiger partial charge in [-0.05, 0) is 18.2 Å². The number of aromatic nitrogens is 2. The zero-order valence-electron chi connectivity index (χ0n) is 13.1. The SMILES string of the molecule is CON=C(C(=O)OC)c1nccnc1Oc1cccc(C(F)(F)F)c1. The number of hydrogen-bond acceptors (Lipinski definition) is 7. The normalized spacial score (nSPS) is 11.8. The van der Waals surface area contributed by atoms with Crippen molar-refractivity contribution in [3.63, 3.8) is 0 Å². The van der Waals surface area contributed by atoms with Crippen LogP contribution in [-0.2, 0) is 20.5 Å². The van der Waals surface area contributed by atoms with Crippen LogP contribution in [0.1, 0.15) is 11.3 Å². The van der Waals surface area contributed by atoms with E-state index in [1.807, 2.05) is 0 Å². The predicted octanol–water partition coefficient (Wildman–Crippen LogP) is 2.81. The molecular weight excluding hydrogens is 343 g/mol. The van der Waals surface area contributed by atoms with Crippen LogP contribution >= 0.6 is 0 Å². The first kappa shape index (κ1) is 18.2. The minimum absolute atomic E-state index is 0.141. The van der Waals surface area contributed by atoms with Crippen molar-refractivity contribution in [2.75, 3.05) is 14.2 Å². The first-order chi connectivity index (χ1) is 11.9. The summed E-state index contributed by atoms with van der Waals surface area (Å²) >= 11 is 0. The summed E-state index contributed by atoms with van der Waals surface area (Å²) in [6.45, 7) is 0. The van der Waals surface area contributed by atoms with Crippen molar-refractivity contribution >= 4 is 11.7 Å². The number of esters is 1. The van der Waals surface area contributed by atoms with Gasteiger partial charge in [0.05, 0.1) is 12.7 Å². The molecule has 0 aliphatic heterocycles. The molecule has 0 atom stereocenters. The van der Waals surface area contributed by atoms with Crippen LogP contribution in [0, 0.1) is 0 Å². The van der Waals surface area contributed by atoms with Crippen molar-refractivity contribution in [1.29, 1.82) is 0 Å². The Labute approximate surface area is 140 Å². The molecule has 1 aromatic carbocycles. The predicted molar refractivity (Wildman–Crippen MR) is 79.1 cm³/mol. The molecule has 0 aliphatic carbocycles. The summed E-state index contributed by atoms with van der Waals surface area (Å²) in [5.41, 5.74) is -1.39. The Bertz CT molecular complexity index is 794. The lowest BCUT2D eigenvalue weighted by Crippen LogP contribution is -2.20. The zero-order valence-corrected chi connectivity index (χ0v) is 13.1. The van der Waals surface area contributed by atoms with E-state index in [0.29, 0.717) is 0 Å². The summed E-state index contributed by atoms with van der Waals surface area (Å²) in [5.74, 6) is -1.25. The van der Waals surface area contributed by atoms with Gasteiger partial charge in [0.15, 0.2) is 5.69 Å². The van der Waals surface area contributed by atoms with Gasteiger partial charge < -0.3 is 14.3 Å². The minimum atomic E-state index is -4.53. The molecule has 1 heterocycles. The Hall–Kier alpha value is -3.17. The summed E-state index contributed by atoms with van der Waals surface area (Å²) in [6, 6.07) is 4.18. The molecule has 132 valence electrons. The van der Waals surface area contributed by atoms with Gasteiger partial charge in [0.2, 0.25) is 11.6 Å². The number of benzene rings is 1. The Morgan fingerprint density at radius 1 is 1.16 bits per heavy atom. The van der Waals surface area contributed by atoms with Crippen molar-refractivity contribution in [3.8, 4) is 11.6 Å². The van der Waals surface area contributed by atoms with Crippen molar-refractivity contribution in [2.45, 2.75) is 6.18 Å². The molecule has 10 heteroatoms. The number of carbonyl (C=O) groups excluding carboxylic acids is 1. The first-order valence-electron chi connectivity index (χ1n) is 6.72. The summed E-state index contributed by atoms with van der Waals surface area (Å²) < 4.78 is 48.3. The smallest absolute Gasteiger partial charge is 0.416 e. The fourth-order valence-electron chi connectivity index (χ4n) is 1.78. The zero-order chi connectivity index (χ0) is 18.4. The van der Waals surface area contributed by atoms with E-state index in [2.05, 4.69) is 24.7 Å². The number of methoxy groups -OCH3 is 1. The lowest BCUT2D eigenvalue weighted by Gasteiger charge is -2.11. The molecule has 0 fully saturated rings. The maximum Gasteiger partial charge on any atom is 0.416 e. The second kappa shape index (κ2) is 7.60. The molecule has 0 unspecified atom stereocenters. The highest BCUT2D eigenvalue weighted by molar-refractivity contribution is 6.43. The molecule has 0 radical (unpaired) electrons. The van der Waals surface area contributed by atoms with E-state index in [1.54, 1.807) is 0 Å². The Morgan fingerprint density at radius 3 is 2.52 bits per heavy atom. The fourth-order valence-corrected chi connectivity index (χ4v) is 1.78. The van der Waals surface area contributed by atoms with Crippen LogP contribution < -0.4 is 4.74 Å². The van der Waals surface area contributed by atoms with Gasteiger partial charge in [-0.15, -0.1) is 0 Å². The molecule has 0 aliphatic rings. The highest BCUT2D eigenvalue weighted by atomic mass is 19.4. The number of carbonyl (C=O) groups is 1. The molecule has 2 rings (SSSR count). The van der Waals surface area contributed by atoms with E-state index in [9.17, 15) is 18.0 Å². The molecule has 0 spiro atoms. The van der Waals surface area contributed by atoms with Crippen molar-refractivity contribution in [2.24, 2.45) is 5.16 Å². The Morgan fingerprint density at radius 2 is 1.88 bits per heavy atom. The number of nitrogens with zero attached hydrogens (tertiary/aromatic N) is 3. The van der Waals surface area contributed by atoms with E-state index in [1.165, 1.54) is 31.6 Å². The second-order valence-electron chi connectivity index (χ2n) is 4.45. The van der Waals surface area contributed by atoms with Crippen LogP contribution in [0.15, 0.2) is 41.8 Å². The number of oxime groups is 1. The second-order valence-corrected chi connectivity index (χ2v) is 4.45. The number of alkyl halides is 3. The molecule has 7 nitrogen and oxygen atoms in total. The van der Waals surface area contributed by atoms with E-state index in [4.69, 9.17) is 4.74 Å². The fraction of sp³-hybridized carbons (Fsp3) is 0.200. The average molecular weight is 355 g/mol. The summed E-state index contributed by atoms with van der Waals surface area (Å²) in [6.07, 6.45) is -2.03. The van der Waals surface area contributed by atoms with E-state index < -0.39 is 17.7 Å². The van der Waals surface area contributed by atoms with Gasteiger partial charge in [0.25, 0.3) is 0 Å². The van der Waals surface area contributed by atoms with Gasteiger partial charge in [-0.3, -0.25) is 0 Å². The third-order valence-electron chi connectivity index (χ3n) is 2.83. The molecule has 1 aromatic heterocycles. The largest absolute Gasteiger partial charge is 0.464 e. The third-order valence-corrected chi connectivity index (χ3v) is 2.83. The van der Waals surface area contributed by atoms with E-state index in [0.717, 1.165) is 19.2 Å². The standard InChI is InChI=1S/C15H12F3N3O4/c1-23-14(22)12(21-24-2)11-13(20-7-6-19-11)25-10-5-3-4-9(8-10)15(16,17)18/h3-8H,1-2H3. The number of rotatable bonds is 5. The molecule has 0 saturated carbocycles. The molecule has 25 heavy (non-hydrogen) atoms. The Balaban J connectivity index is 2.42. The van der Waals surface area contributed by atoms with E-state index >= 15 is 0 Å². The van der Waals surface area contributed by atoms with Gasteiger partial charge in [-0.2, -0.15) is 13.2 Å². The molecule has 0 bridgehead atoms. The quantitative estimate of drug-likeness (QED) is 0.466. The topological polar surface area (TPSA) is 82.9 Å². The summed E-state index contributed by atoms with van der Waals surface area (Å²) in [5, 5.41) is 3.50. The van der Waals surface area contributed by atoms with Crippen molar-refractivity contribution in [3.05, 3.63) is 47.9 Å². The number of ether oxygens (including phenoxy) is 2.